The molecule has 1 unspecified atom stereocenters. The smallest absolute Gasteiger partial charge is 0.242 e. The summed E-state index contributed by atoms with van der Waals surface area (Å²) in [6, 6.07) is -1.11. The molecular formula is C15H26N4O4S. The van der Waals surface area contributed by atoms with Crippen LogP contribution in [-0.4, -0.2) is 94.9 Å². The van der Waals surface area contributed by atoms with E-state index in [1.807, 2.05) is 4.90 Å². The Balaban J connectivity index is 1.57. The van der Waals surface area contributed by atoms with E-state index in [9.17, 15) is 14.7 Å². The highest BCUT2D eigenvalue weighted by atomic mass is 32.2. The van der Waals surface area contributed by atoms with Crippen molar-refractivity contribution in [3.05, 3.63) is 0 Å². The SMILES string of the molecule is C[C@@H](O)[C@H](N)C(=O)N1CCC2(C1)N[C@H](C(=O)N1CCOCC1)CS2. The highest BCUT2D eigenvalue weighted by molar-refractivity contribution is 8.01. The Morgan fingerprint density at radius 3 is 2.71 bits per heavy atom. The molecule has 0 aromatic rings. The third-order valence-corrected chi connectivity index (χ3v) is 6.44. The number of morpholine rings is 1. The number of hydrogen-bond donors (Lipinski definition) is 3. The van der Waals surface area contributed by atoms with Gasteiger partial charge in [-0.2, -0.15) is 0 Å². The van der Waals surface area contributed by atoms with Gasteiger partial charge in [0.15, 0.2) is 0 Å². The van der Waals surface area contributed by atoms with Crippen LogP contribution in [0.5, 0.6) is 0 Å². The number of aliphatic hydroxyl groups is 1. The number of ether oxygens (including phenoxy) is 1. The van der Waals surface area contributed by atoms with Gasteiger partial charge in [-0.15, -0.1) is 11.8 Å². The molecule has 0 bridgehead atoms. The van der Waals surface area contributed by atoms with E-state index in [2.05, 4.69) is 5.32 Å². The zero-order valence-electron chi connectivity index (χ0n) is 13.9. The van der Waals surface area contributed by atoms with Crippen LogP contribution in [-0.2, 0) is 14.3 Å². The highest BCUT2D eigenvalue weighted by Crippen LogP contribution is 2.39. The van der Waals surface area contributed by atoms with Crippen molar-refractivity contribution < 1.29 is 19.4 Å². The highest BCUT2D eigenvalue weighted by Gasteiger charge is 2.48. The van der Waals surface area contributed by atoms with Crippen molar-refractivity contribution >= 4 is 23.6 Å². The van der Waals surface area contributed by atoms with Crippen LogP contribution in [0.25, 0.3) is 0 Å². The predicted molar refractivity (Wildman–Crippen MR) is 90.4 cm³/mol. The van der Waals surface area contributed by atoms with E-state index in [4.69, 9.17) is 10.5 Å². The zero-order chi connectivity index (χ0) is 17.3. The van der Waals surface area contributed by atoms with Crippen molar-refractivity contribution in [3.8, 4) is 0 Å². The lowest BCUT2D eigenvalue weighted by molar-refractivity contribution is -0.137. The molecule has 3 aliphatic heterocycles. The molecule has 3 fully saturated rings. The topological polar surface area (TPSA) is 108 Å². The molecule has 9 heteroatoms. The van der Waals surface area contributed by atoms with E-state index in [0.29, 0.717) is 45.1 Å². The molecule has 0 aliphatic carbocycles. The van der Waals surface area contributed by atoms with Gasteiger partial charge in [-0.3, -0.25) is 14.9 Å². The number of amides is 2. The van der Waals surface area contributed by atoms with Crippen LogP contribution in [0.3, 0.4) is 0 Å². The molecule has 3 saturated heterocycles. The molecule has 1 spiro atoms. The van der Waals surface area contributed by atoms with Crippen LogP contribution < -0.4 is 11.1 Å². The molecule has 8 nitrogen and oxygen atoms in total. The minimum Gasteiger partial charge on any atom is -0.391 e. The molecule has 3 rings (SSSR count). The Kier molecular flexibility index (Phi) is 5.36. The summed E-state index contributed by atoms with van der Waals surface area (Å²) in [5, 5.41) is 13.0. The zero-order valence-corrected chi connectivity index (χ0v) is 14.8. The number of carbonyl (C=O) groups excluding carboxylic acids is 2. The van der Waals surface area contributed by atoms with Crippen molar-refractivity contribution in [1.29, 1.82) is 0 Å². The fraction of sp³-hybridized carbons (Fsp3) is 0.867. The lowest BCUT2D eigenvalue weighted by Gasteiger charge is -2.30. The maximum Gasteiger partial charge on any atom is 0.242 e. The third-order valence-electron chi connectivity index (χ3n) is 4.93. The summed E-state index contributed by atoms with van der Waals surface area (Å²) >= 11 is 1.71. The molecule has 0 aromatic heterocycles. The van der Waals surface area contributed by atoms with E-state index in [0.717, 1.165) is 6.42 Å². The van der Waals surface area contributed by atoms with Crippen LogP contribution >= 0.6 is 11.8 Å². The third kappa shape index (κ3) is 3.55. The summed E-state index contributed by atoms with van der Waals surface area (Å²) < 4.78 is 5.29. The van der Waals surface area contributed by atoms with Crippen molar-refractivity contribution in [1.82, 2.24) is 15.1 Å². The Morgan fingerprint density at radius 1 is 1.33 bits per heavy atom. The van der Waals surface area contributed by atoms with Gasteiger partial charge in [-0.05, 0) is 13.3 Å². The van der Waals surface area contributed by atoms with Gasteiger partial charge >= 0.3 is 0 Å². The van der Waals surface area contributed by atoms with Crippen molar-refractivity contribution in [3.63, 3.8) is 0 Å². The number of nitrogens with two attached hydrogens (primary N) is 1. The largest absolute Gasteiger partial charge is 0.391 e. The summed E-state index contributed by atoms with van der Waals surface area (Å²) in [5.41, 5.74) is 5.76. The molecule has 0 radical (unpaired) electrons. The van der Waals surface area contributed by atoms with Crippen LogP contribution in [0.4, 0.5) is 0 Å². The van der Waals surface area contributed by atoms with E-state index in [1.165, 1.54) is 6.92 Å². The van der Waals surface area contributed by atoms with Crippen LogP contribution in [0.1, 0.15) is 13.3 Å². The average Bonchev–Trinajstić information content (AvgIpc) is 3.21. The molecule has 3 heterocycles. The summed E-state index contributed by atoms with van der Waals surface area (Å²) in [7, 11) is 0. The first-order chi connectivity index (χ1) is 11.4. The lowest BCUT2D eigenvalue weighted by atomic mass is 10.1. The van der Waals surface area contributed by atoms with Crippen molar-refractivity contribution in [2.45, 2.75) is 36.4 Å². The normalized spacial score (nSPS) is 33.0. The molecule has 0 saturated carbocycles. The Bertz CT molecular complexity index is 500. The van der Waals surface area contributed by atoms with Gasteiger partial charge in [-0.25, -0.2) is 0 Å². The number of carbonyl (C=O) groups is 2. The first kappa shape index (κ1) is 17.9. The van der Waals surface area contributed by atoms with Gasteiger partial charge < -0.3 is 25.4 Å². The van der Waals surface area contributed by atoms with Crippen LogP contribution in [0.2, 0.25) is 0 Å². The molecule has 3 aliphatic rings. The summed E-state index contributed by atoms with van der Waals surface area (Å²) in [5.74, 6) is 0.598. The Morgan fingerprint density at radius 2 is 2.04 bits per heavy atom. The number of likely N-dealkylation sites (tertiary alicyclic amines) is 1. The fourth-order valence-corrected chi connectivity index (χ4v) is 4.82. The maximum absolute atomic E-state index is 12.6. The van der Waals surface area contributed by atoms with E-state index < -0.39 is 12.1 Å². The number of aliphatic hydroxyl groups excluding tert-OH is 1. The lowest BCUT2D eigenvalue weighted by Crippen LogP contribution is -2.54. The van der Waals surface area contributed by atoms with Gasteiger partial charge in [0.05, 0.1) is 30.2 Å². The molecule has 24 heavy (non-hydrogen) atoms. The second-order valence-electron chi connectivity index (χ2n) is 6.72. The van der Waals surface area contributed by atoms with Crippen LogP contribution in [0.15, 0.2) is 0 Å². The first-order valence-corrected chi connectivity index (χ1v) is 9.41. The average molecular weight is 358 g/mol. The molecule has 2 amide bonds. The van der Waals surface area contributed by atoms with E-state index in [1.54, 1.807) is 16.7 Å². The van der Waals surface area contributed by atoms with E-state index in [-0.39, 0.29) is 22.7 Å². The minimum absolute atomic E-state index is 0.119. The summed E-state index contributed by atoms with van der Waals surface area (Å²) in [4.78, 5) is 28.2. The quantitative estimate of drug-likeness (QED) is 0.545. The van der Waals surface area contributed by atoms with Gasteiger partial charge in [-0.1, -0.05) is 0 Å². The Labute approximate surface area is 146 Å². The second kappa shape index (κ2) is 7.17. The molecule has 4 N–H and O–H groups in total. The molecular weight excluding hydrogens is 332 g/mol. The summed E-state index contributed by atoms with van der Waals surface area (Å²) in [6.07, 6.45) is -0.0862. The molecule has 4 atom stereocenters. The number of rotatable bonds is 3. The van der Waals surface area contributed by atoms with E-state index >= 15 is 0 Å². The number of hydrogen-bond acceptors (Lipinski definition) is 7. The fourth-order valence-electron chi connectivity index (χ4n) is 3.40. The standard InChI is InChI=1S/C15H26N4O4S/c1-10(20)12(16)14(22)19-3-2-15(9-19)17-11(8-24-15)13(21)18-4-6-23-7-5-18/h10-12,17,20H,2-9,16H2,1H3/t10-,11+,12+,15?/m1/s1. The molecule has 136 valence electrons. The van der Waals surface area contributed by atoms with Crippen LogP contribution in [0, 0.1) is 0 Å². The predicted octanol–water partition coefficient (Wildman–Crippen LogP) is -1.81. The molecule has 0 aromatic carbocycles. The maximum atomic E-state index is 12.6. The number of nitrogens with one attached hydrogen (secondary N) is 1. The number of nitrogens with zero attached hydrogens (tertiary/aromatic N) is 2. The van der Waals surface area contributed by atoms with Gasteiger partial charge in [0, 0.05) is 31.9 Å². The minimum atomic E-state index is -0.891. The monoisotopic (exact) mass is 358 g/mol. The summed E-state index contributed by atoms with van der Waals surface area (Å²) in [6.45, 7) is 5.10. The van der Waals surface area contributed by atoms with Crippen molar-refractivity contribution in [2.75, 3.05) is 45.1 Å². The Hall–Kier alpha value is -0.870. The second-order valence-corrected chi connectivity index (χ2v) is 8.12. The first-order valence-electron chi connectivity index (χ1n) is 8.42. The number of thioether (sulfide) groups is 1. The van der Waals surface area contributed by atoms with Gasteiger partial charge in [0.1, 0.15) is 6.04 Å². The van der Waals surface area contributed by atoms with Gasteiger partial charge in [0.25, 0.3) is 0 Å². The van der Waals surface area contributed by atoms with Crippen molar-refractivity contribution in [2.24, 2.45) is 5.73 Å². The van der Waals surface area contributed by atoms with Gasteiger partial charge in [0.2, 0.25) is 11.8 Å².